The highest BCUT2D eigenvalue weighted by Crippen LogP contribution is 2.05. The number of alkyl halides is 2. The maximum atomic E-state index is 12.2. The number of hydrogen-bond acceptors (Lipinski definition) is 4. The molecule has 2 rings (SSSR count). The van der Waals surface area contributed by atoms with Crippen LogP contribution in [0.3, 0.4) is 0 Å². The number of carbonyl (C=O) groups excluding carboxylic acids is 1. The standard InChI is InChI=1S/C13H21F2N5O2/c1-10(19-4-6-22-7-5-19)8-16-13(21)17-12-2-3-20(18-12)9-11(14)15/h2-3,10-11H,4-9H2,1H3,(H2,16,17,18,21). The van der Waals surface area contributed by atoms with E-state index in [1.165, 1.54) is 12.3 Å². The third kappa shape index (κ3) is 5.23. The summed E-state index contributed by atoms with van der Waals surface area (Å²) in [5, 5.41) is 9.12. The molecule has 0 bridgehead atoms. The first kappa shape index (κ1) is 16.6. The van der Waals surface area contributed by atoms with Crippen LogP contribution in [0.5, 0.6) is 0 Å². The van der Waals surface area contributed by atoms with E-state index in [2.05, 4.69) is 20.6 Å². The van der Waals surface area contributed by atoms with Crippen LogP contribution in [0.4, 0.5) is 19.4 Å². The van der Waals surface area contributed by atoms with Gasteiger partial charge in [-0.2, -0.15) is 5.10 Å². The number of morpholine rings is 1. The number of carbonyl (C=O) groups is 1. The summed E-state index contributed by atoms with van der Waals surface area (Å²) in [6.07, 6.45) is -1.08. The number of hydrogen-bond donors (Lipinski definition) is 2. The smallest absolute Gasteiger partial charge is 0.320 e. The Morgan fingerprint density at radius 2 is 2.18 bits per heavy atom. The first-order chi connectivity index (χ1) is 10.5. The summed E-state index contributed by atoms with van der Waals surface area (Å²) >= 11 is 0. The number of nitrogens with zero attached hydrogens (tertiary/aromatic N) is 3. The van der Waals surface area contributed by atoms with Crippen LogP contribution in [0.25, 0.3) is 0 Å². The van der Waals surface area contributed by atoms with Crippen molar-refractivity contribution in [1.29, 1.82) is 0 Å². The SMILES string of the molecule is CC(CNC(=O)Nc1ccn(CC(F)F)n1)N1CCOCC1. The second-order valence-corrected chi connectivity index (χ2v) is 5.15. The number of nitrogens with one attached hydrogen (secondary N) is 2. The molecule has 0 aliphatic carbocycles. The lowest BCUT2D eigenvalue weighted by atomic mass is 10.2. The van der Waals surface area contributed by atoms with Crippen molar-refractivity contribution in [1.82, 2.24) is 20.0 Å². The molecule has 0 radical (unpaired) electrons. The molecule has 1 aliphatic rings. The molecular weight excluding hydrogens is 296 g/mol. The van der Waals surface area contributed by atoms with Gasteiger partial charge in [-0.25, -0.2) is 13.6 Å². The molecule has 22 heavy (non-hydrogen) atoms. The van der Waals surface area contributed by atoms with E-state index in [1.54, 1.807) is 0 Å². The van der Waals surface area contributed by atoms with Gasteiger partial charge in [0.2, 0.25) is 0 Å². The topological polar surface area (TPSA) is 71.4 Å². The van der Waals surface area contributed by atoms with E-state index >= 15 is 0 Å². The minimum Gasteiger partial charge on any atom is -0.379 e. The number of anilines is 1. The van der Waals surface area contributed by atoms with Gasteiger partial charge in [0.1, 0.15) is 6.54 Å². The molecule has 124 valence electrons. The zero-order valence-corrected chi connectivity index (χ0v) is 12.5. The fraction of sp³-hybridized carbons (Fsp3) is 0.692. The maximum absolute atomic E-state index is 12.2. The molecule has 9 heteroatoms. The molecule has 1 fully saturated rings. The Morgan fingerprint density at radius 1 is 1.45 bits per heavy atom. The van der Waals surface area contributed by atoms with Gasteiger partial charge in [-0.3, -0.25) is 14.9 Å². The van der Waals surface area contributed by atoms with Crippen molar-refractivity contribution in [2.24, 2.45) is 0 Å². The van der Waals surface area contributed by atoms with Crippen molar-refractivity contribution >= 4 is 11.8 Å². The molecule has 1 saturated heterocycles. The molecule has 1 aromatic rings. The largest absolute Gasteiger partial charge is 0.379 e. The summed E-state index contributed by atoms with van der Waals surface area (Å²) in [6, 6.07) is 1.28. The van der Waals surface area contributed by atoms with Gasteiger partial charge in [0.05, 0.1) is 13.2 Å². The Bertz CT molecular complexity index is 477. The van der Waals surface area contributed by atoms with E-state index in [-0.39, 0.29) is 11.9 Å². The summed E-state index contributed by atoms with van der Waals surface area (Å²) in [5.74, 6) is 0.247. The molecule has 2 N–H and O–H groups in total. The first-order valence-electron chi connectivity index (χ1n) is 7.23. The molecule has 1 atom stereocenters. The number of halogens is 2. The van der Waals surface area contributed by atoms with E-state index in [1.807, 2.05) is 6.92 Å². The summed E-state index contributed by atoms with van der Waals surface area (Å²) in [6.45, 7) is 5.14. The highest BCUT2D eigenvalue weighted by atomic mass is 19.3. The fourth-order valence-corrected chi connectivity index (χ4v) is 2.22. The molecule has 1 unspecified atom stereocenters. The lowest BCUT2D eigenvalue weighted by Gasteiger charge is -2.32. The Kier molecular flexibility index (Phi) is 6.08. The van der Waals surface area contributed by atoms with Crippen LogP contribution in [0.2, 0.25) is 0 Å². The molecule has 1 aromatic heterocycles. The lowest BCUT2D eigenvalue weighted by molar-refractivity contribution is 0.0209. The van der Waals surface area contributed by atoms with Crippen LogP contribution in [0.15, 0.2) is 12.3 Å². The predicted octanol–water partition coefficient (Wildman–Crippen LogP) is 0.990. The van der Waals surface area contributed by atoms with Gasteiger partial charge in [0.15, 0.2) is 5.82 Å². The van der Waals surface area contributed by atoms with Gasteiger partial charge in [-0.15, -0.1) is 0 Å². The number of aromatic nitrogens is 2. The highest BCUT2D eigenvalue weighted by Gasteiger charge is 2.17. The van der Waals surface area contributed by atoms with E-state index in [0.717, 1.165) is 17.8 Å². The van der Waals surface area contributed by atoms with Crippen LogP contribution in [-0.4, -0.2) is 66.0 Å². The van der Waals surface area contributed by atoms with E-state index < -0.39 is 19.0 Å². The predicted molar refractivity (Wildman–Crippen MR) is 77.1 cm³/mol. The summed E-state index contributed by atoms with van der Waals surface area (Å²) in [4.78, 5) is 14.0. The molecule has 0 spiro atoms. The monoisotopic (exact) mass is 317 g/mol. The Morgan fingerprint density at radius 3 is 2.86 bits per heavy atom. The van der Waals surface area contributed by atoms with Crippen molar-refractivity contribution in [3.05, 3.63) is 12.3 Å². The van der Waals surface area contributed by atoms with Crippen LogP contribution in [0, 0.1) is 0 Å². The molecule has 0 aromatic carbocycles. The molecule has 7 nitrogen and oxygen atoms in total. The summed E-state index contributed by atoms with van der Waals surface area (Å²) in [7, 11) is 0. The minimum absolute atomic E-state index is 0.200. The van der Waals surface area contributed by atoms with Crippen molar-refractivity contribution in [2.75, 3.05) is 38.2 Å². The molecular formula is C13H21F2N5O2. The fourth-order valence-electron chi connectivity index (χ4n) is 2.22. The normalized spacial score (nSPS) is 17.5. The van der Waals surface area contributed by atoms with Gasteiger partial charge < -0.3 is 10.1 Å². The third-order valence-corrected chi connectivity index (χ3v) is 3.43. The van der Waals surface area contributed by atoms with Crippen molar-refractivity contribution in [2.45, 2.75) is 25.9 Å². The summed E-state index contributed by atoms with van der Waals surface area (Å²) < 4.78 is 30.8. The number of urea groups is 1. The molecule has 0 saturated carbocycles. The molecule has 2 amide bonds. The zero-order chi connectivity index (χ0) is 15.9. The quantitative estimate of drug-likeness (QED) is 0.821. The van der Waals surface area contributed by atoms with Gasteiger partial charge in [-0.1, -0.05) is 0 Å². The minimum atomic E-state index is -2.48. The van der Waals surface area contributed by atoms with E-state index in [0.29, 0.717) is 19.8 Å². The average Bonchev–Trinajstić information content (AvgIpc) is 2.92. The average molecular weight is 317 g/mol. The van der Waals surface area contributed by atoms with Gasteiger partial charge in [0.25, 0.3) is 6.43 Å². The van der Waals surface area contributed by atoms with Crippen molar-refractivity contribution in [3.63, 3.8) is 0 Å². The zero-order valence-electron chi connectivity index (χ0n) is 12.5. The van der Waals surface area contributed by atoms with Gasteiger partial charge in [0, 0.05) is 37.9 Å². The highest BCUT2D eigenvalue weighted by molar-refractivity contribution is 5.88. The van der Waals surface area contributed by atoms with Gasteiger partial charge >= 0.3 is 6.03 Å². The third-order valence-electron chi connectivity index (χ3n) is 3.43. The van der Waals surface area contributed by atoms with Crippen LogP contribution >= 0.6 is 0 Å². The lowest BCUT2D eigenvalue weighted by Crippen LogP contribution is -2.47. The second-order valence-electron chi connectivity index (χ2n) is 5.15. The second kappa shape index (κ2) is 8.04. The Balaban J connectivity index is 1.71. The van der Waals surface area contributed by atoms with E-state index in [9.17, 15) is 13.6 Å². The van der Waals surface area contributed by atoms with E-state index in [4.69, 9.17) is 4.74 Å². The first-order valence-corrected chi connectivity index (χ1v) is 7.23. The van der Waals surface area contributed by atoms with Crippen molar-refractivity contribution < 1.29 is 18.3 Å². The number of ether oxygens (including phenoxy) is 1. The Hall–Kier alpha value is -1.74. The Labute approximate surface area is 127 Å². The number of rotatable bonds is 6. The number of amides is 2. The van der Waals surface area contributed by atoms with Crippen LogP contribution < -0.4 is 10.6 Å². The van der Waals surface area contributed by atoms with Gasteiger partial charge in [-0.05, 0) is 6.92 Å². The van der Waals surface area contributed by atoms with Crippen LogP contribution in [0.1, 0.15) is 6.92 Å². The molecule has 1 aliphatic heterocycles. The summed E-state index contributed by atoms with van der Waals surface area (Å²) in [5.41, 5.74) is 0. The van der Waals surface area contributed by atoms with Crippen molar-refractivity contribution in [3.8, 4) is 0 Å². The maximum Gasteiger partial charge on any atom is 0.320 e. The molecule has 2 heterocycles. The van der Waals surface area contributed by atoms with Crippen LogP contribution in [-0.2, 0) is 11.3 Å².